The highest BCUT2D eigenvalue weighted by molar-refractivity contribution is 9.10. The van der Waals surface area contributed by atoms with Crippen molar-refractivity contribution in [1.82, 2.24) is 0 Å². The van der Waals surface area contributed by atoms with E-state index in [-0.39, 0.29) is 31.4 Å². The maximum Gasteiger partial charge on any atom is 0.435 e. The average molecular weight is 721 g/mol. The first-order valence-corrected chi connectivity index (χ1v) is 13.3. The highest BCUT2D eigenvalue weighted by Gasteiger charge is 2.73. The Morgan fingerprint density at radius 1 is 0.867 bits per heavy atom. The van der Waals surface area contributed by atoms with Crippen molar-refractivity contribution in [3.63, 3.8) is 0 Å². The summed E-state index contributed by atoms with van der Waals surface area (Å²) in [5, 5.41) is 1.62. The van der Waals surface area contributed by atoms with Crippen molar-refractivity contribution in [3.8, 4) is 0 Å². The zero-order chi connectivity index (χ0) is 34.0. The molecule has 0 bridgehead atoms. The summed E-state index contributed by atoms with van der Waals surface area (Å²) >= 11 is 2.38. The van der Waals surface area contributed by atoms with Gasteiger partial charge in [0, 0.05) is 28.8 Å². The molecule has 2 amide bonds. The van der Waals surface area contributed by atoms with E-state index < -0.39 is 80.4 Å². The molecule has 0 saturated carbocycles. The third kappa shape index (κ3) is 7.40. The van der Waals surface area contributed by atoms with Crippen LogP contribution in [0.25, 0.3) is 0 Å². The minimum absolute atomic E-state index is 0.0922. The lowest BCUT2D eigenvalue weighted by Gasteiger charge is -2.31. The van der Waals surface area contributed by atoms with Gasteiger partial charge in [-0.25, -0.2) is 8.78 Å². The number of benzene rings is 3. The molecule has 1 N–H and O–H groups in total. The van der Waals surface area contributed by atoms with Crippen molar-refractivity contribution in [2.24, 2.45) is 0 Å². The van der Waals surface area contributed by atoms with Gasteiger partial charge in [0.25, 0.3) is 11.8 Å². The Bertz CT molecular complexity index is 1530. The molecule has 3 aromatic rings. The number of ether oxygens (including phenoxy) is 1. The zero-order valence-electron chi connectivity index (χ0n) is 22.6. The van der Waals surface area contributed by atoms with E-state index in [1.807, 2.05) is 0 Å². The fourth-order valence-electron chi connectivity index (χ4n) is 4.10. The molecular formula is C28H20BrF11N2O3. The maximum absolute atomic E-state index is 15.7. The number of hydrogen-bond donors (Lipinski definition) is 1. The Morgan fingerprint density at radius 2 is 1.47 bits per heavy atom. The van der Waals surface area contributed by atoms with E-state index in [4.69, 9.17) is 4.74 Å². The van der Waals surface area contributed by atoms with Gasteiger partial charge in [-0.1, -0.05) is 24.3 Å². The van der Waals surface area contributed by atoms with Crippen molar-refractivity contribution in [2.75, 3.05) is 30.0 Å². The SMILES string of the molecule is CCOCCN(C(=O)c1ccccc1)c1cccc(C(=O)Nc2c(Br)cc(C(F)(C(F)(F)F)C(F)(F)F)cc2C(F)(F)F)c1F. The largest absolute Gasteiger partial charge is 0.435 e. The zero-order valence-corrected chi connectivity index (χ0v) is 24.2. The molecule has 0 aliphatic rings. The molecule has 5 nitrogen and oxygen atoms in total. The van der Waals surface area contributed by atoms with E-state index >= 15 is 4.39 Å². The molecule has 244 valence electrons. The lowest BCUT2D eigenvalue weighted by atomic mass is 9.92. The molecular weight excluding hydrogens is 701 g/mol. The highest BCUT2D eigenvalue weighted by Crippen LogP contribution is 2.55. The van der Waals surface area contributed by atoms with E-state index in [0.29, 0.717) is 0 Å². The summed E-state index contributed by atoms with van der Waals surface area (Å²) in [4.78, 5) is 27.1. The van der Waals surface area contributed by atoms with Gasteiger partial charge >= 0.3 is 24.2 Å². The third-order valence-corrected chi connectivity index (χ3v) is 6.88. The van der Waals surface area contributed by atoms with Gasteiger partial charge in [-0.15, -0.1) is 0 Å². The van der Waals surface area contributed by atoms with Gasteiger partial charge in [0.05, 0.1) is 29.1 Å². The molecule has 0 saturated heterocycles. The van der Waals surface area contributed by atoms with Crippen LogP contribution in [0.4, 0.5) is 59.7 Å². The van der Waals surface area contributed by atoms with Gasteiger partial charge in [-0.2, -0.15) is 39.5 Å². The summed E-state index contributed by atoms with van der Waals surface area (Å²) in [7, 11) is 0. The normalized spacial score (nSPS) is 12.6. The number of amides is 2. The first kappa shape index (κ1) is 35.7. The number of carbonyl (C=O) groups excluding carboxylic acids is 2. The second kappa shape index (κ2) is 13.3. The molecule has 0 radical (unpaired) electrons. The van der Waals surface area contributed by atoms with Crippen molar-refractivity contribution < 1.29 is 62.6 Å². The number of anilines is 2. The van der Waals surface area contributed by atoms with Crippen LogP contribution >= 0.6 is 15.9 Å². The topological polar surface area (TPSA) is 58.6 Å². The summed E-state index contributed by atoms with van der Waals surface area (Å²) in [6, 6.07) is 9.45. The molecule has 17 heteroatoms. The number of halogens is 12. The second-order valence-corrected chi connectivity index (χ2v) is 10.00. The summed E-state index contributed by atoms with van der Waals surface area (Å²) in [5.74, 6) is -3.79. The Kier molecular flexibility index (Phi) is 10.6. The van der Waals surface area contributed by atoms with Gasteiger partial charge in [-0.05, 0) is 59.3 Å². The highest BCUT2D eigenvalue weighted by atomic mass is 79.9. The molecule has 0 aliphatic heterocycles. The molecule has 0 aromatic heterocycles. The minimum Gasteiger partial charge on any atom is -0.380 e. The van der Waals surface area contributed by atoms with E-state index in [1.54, 1.807) is 18.3 Å². The predicted octanol–water partition coefficient (Wildman–Crippen LogP) is 8.83. The van der Waals surface area contributed by atoms with Crippen LogP contribution in [-0.2, 0) is 16.6 Å². The number of rotatable bonds is 9. The van der Waals surface area contributed by atoms with Gasteiger partial charge < -0.3 is 15.0 Å². The van der Waals surface area contributed by atoms with Gasteiger partial charge in [0.2, 0.25) is 0 Å². The number of hydrogen-bond acceptors (Lipinski definition) is 3. The first-order valence-electron chi connectivity index (χ1n) is 12.5. The number of nitrogens with one attached hydrogen (secondary N) is 1. The van der Waals surface area contributed by atoms with Crippen molar-refractivity contribution in [3.05, 3.63) is 93.2 Å². The van der Waals surface area contributed by atoms with E-state index in [0.717, 1.165) is 23.1 Å². The van der Waals surface area contributed by atoms with Gasteiger partial charge in [0.15, 0.2) is 5.82 Å². The van der Waals surface area contributed by atoms with Crippen LogP contribution in [0.3, 0.4) is 0 Å². The Hall–Kier alpha value is -3.73. The van der Waals surface area contributed by atoms with Crippen LogP contribution in [0.2, 0.25) is 0 Å². The van der Waals surface area contributed by atoms with E-state index in [1.165, 1.54) is 24.3 Å². The van der Waals surface area contributed by atoms with Crippen LogP contribution in [0, 0.1) is 5.82 Å². The Balaban J connectivity index is 2.11. The fourth-order valence-corrected chi connectivity index (χ4v) is 4.66. The molecule has 45 heavy (non-hydrogen) atoms. The van der Waals surface area contributed by atoms with Crippen LogP contribution in [0.15, 0.2) is 65.1 Å². The monoisotopic (exact) mass is 720 g/mol. The van der Waals surface area contributed by atoms with Crippen LogP contribution in [0.5, 0.6) is 0 Å². The summed E-state index contributed by atoms with van der Waals surface area (Å²) < 4.78 is 156. The van der Waals surface area contributed by atoms with E-state index in [9.17, 15) is 53.5 Å². The Labute approximate surface area is 256 Å². The van der Waals surface area contributed by atoms with Crippen molar-refractivity contribution in [1.29, 1.82) is 0 Å². The van der Waals surface area contributed by atoms with Crippen LogP contribution < -0.4 is 10.2 Å². The lowest BCUT2D eigenvalue weighted by molar-refractivity contribution is -0.348. The lowest BCUT2D eigenvalue weighted by Crippen LogP contribution is -2.50. The van der Waals surface area contributed by atoms with Crippen molar-refractivity contribution in [2.45, 2.75) is 31.1 Å². The molecule has 3 rings (SSSR count). The predicted molar refractivity (Wildman–Crippen MR) is 143 cm³/mol. The quantitative estimate of drug-likeness (QED) is 0.178. The second-order valence-electron chi connectivity index (χ2n) is 9.14. The summed E-state index contributed by atoms with van der Waals surface area (Å²) in [5.41, 5.74) is -13.8. The first-order chi connectivity index (χ1) is 20.8. The minimum atomic E-state index is -6.73. The molecule has 0 unspecified atom stereocenters. The smallest absolute Gasteiger partial charge is 0.380 e. The fraction of sp³-hybridized carbons (Fsp3) is 0.286. The molecule has 0 fully saturated rings. The van der Waals surface area contributed by atoms with Crippen LogP contribution in [-0.4, -0.2) is 43.9 Å². The number of carbonyl (C=O) groups is 2. The standard InChI is InChI=1S/C28H20BrF11N2O3/c1-2-45-12-11-42(24(44)15-7-4-3-5-8-15)20-10-6-9-17(21(20)30)23(43)41-22-18(26(32,33)34)13-16(14-19(22)29)25(31,27(35,36)37)28(38,39)40/h3-10,13-14H,2,11-12H2,1H3,(H,41,43). The Morgan fingerprint density at radius 3 is 2.00 bits per heavy atom. The van der Waals surface area contributed by atoms with Gasteiger partial charge in [-0.3, -0.25) is 9.59 Å². The molecule has 0 spiro atoms. The average Bonchev–Trinajstić information content (AvgIpc) is 2.94. The number of alkyl halides is 10. The van der Waals surface area contributed by atoms with E-state index in [2.05, 4.69) is 15.9 Å². The summed E-state index contributed by atoms with van der Waals surface area (Å²) in [6.45, 7) is 1.54. The maximum atomic E-state index is 15.7. The molecule has 0 aliphatic carbocycles. The van der Waals surface area contributed by atoms with Gasteiger partial charge in [0.1, 0.15) is 0 Å². The van der Waals surface area contributed by atoms with Crippen LogP contribution in [0.1, 0.15) is 38.8 Å². The molecule has 0 heterocycles. The van der Waals surface area contributed by atoms with Crippen molar-refractivity contribution >= 4 is 39.1 Å². The number of nitrogens with zero attached hydrogens (tertiary/aromatic N) is 1. The molecule has 3 aromatic carbocycles. The molecule has 0 atom stereocenters. The summed E-state index contributed by atoms with van der Waals surface area (Å²) in [6.07, 6.45) is -19.2. The third-order valence-electron chi connectivity index (χ3n) is 6.26.